The normalized spacial score (nSPS) is 18.2. The van der Waals surface area contributed by atoms with E-state index < -0.39 is 26.2 Å². The van der Waals surface area contributed by atoms with E-state index in [0.717, 1.165) is 0 Å². The molecule has 2 rings (SSSR count). The fourth-order valence-electron chi connectivity index (χ4n) is 2.46. The molecule has 10 heteroatoms. The van der Waals surface area contributed by atoms with Gasteiger partial charge in [0, 0.05) is 31.8 Å². The van der Waals surface area contributed by atoms with Crippen LogP contribution in [0.25, 0.3) is 0 Å². The molecule has 1 heterocycles. The van der Waals surface area contributed by atoms with Crippen LogP contribution in [0.15, 0.2) is 24.3 Å². The van der Waals surface area contributed by atoms with Gasteiger partial charge in [0.1, 0.15) is 5.37 Å². The molecule has 0 radical (unpaired) electrons. The van der Waals surface area contributed by atoms with Crippen molar-refractivity contribution in [2.75, 3.05) is 26.2 Å². The SMILES string of the molecule is CCOC(=O)N1CCNCC1S(=O)(=O)Cc1ccc([N+](=O)[O-])cc1. The number of nitrogens with zero attached hydrogens (tertiary/aromatic N) is 2. The lowest BCUT2D eigenvalue weighted by molar-refractivity contribution is -0.384. The first-order valence-corrected chi connectivity index (χ1v) is 9.15. The fourth-order valence-corrected chi connectivity index (χ4v) is 4.26. The molecular weight excluding hydrogens is 338 g/mol. The maximum atomic E-state index is 12.7. The number of benzene rings is 1. The van der Waals surface area contributed by atoms with Crippen molar-refractivity contribution in [2.24, 2.45) is 0 Å². The van der Waals surface area contributed by atoms with Crippen molar-refractivity contribution in [2.45, 2.75) is 18.1 Å². The minimum absolute atomic E-state index is 0.108. The van der Waals surface area contributed by atoms with Gasteiger partial charge in [-0.2, -0.15) is 0 Å². The van der Waals surface area contributed by atoms with Crippen molar-refractivity contribution in [1.82, 2.24) is 10.2 Å². The largest absolute Gasteiger partial charge is 0.450 e. The van der Waals surface area contributed by atoms with E-state index in [1.807, 2.05) is 0 Å². The molecule has 0 bridgehead atoms. The summed E-state index contributed by atoms with van der Waals surface area (Å²) in [5, 5.41) is 12.6. The predicted octanol–water partition coefficient (Wildman–Crippen LogP) is 0.897. The van der Waals surface area contributed by atoms with Gasteiger partial charge in [-0.3, -0.25) is 15.0 Å². The molecule has 1 aliphatic heterocycles. The second-order valence-electron chi connectivity index (χ2n) is 5.28. The van der Waals surface area contributed by atoms with Crippen LogP contribution in [0.3, 0.4) is 0 Å². The minimum atomic E-state index is -3.69. The van der Waals surface area contributed by atoms with Gasteiger partial charge in [-0.25, -0.2) is 13.2 Å². The van der Waals surface area contributed by atoms with Crippen molar-refractivity contribution in [1.29, 1.82) is 0 Å². The van der Waals surface area contributed by atoms with Crippen LogP contribution in [0.1, 0.15) is 12.5 Å². The van der Waals surface area contributed by atoms with Gasteiger partial charge in [0.25, 0.3) is 5.69 Å². The summed E-state index contributed by atoms with van der Waals surface area (Å²) >= 11 is 0. The number of piperazine rings is 1. The molecule has 1 aromatic carbocycles. The van der Waals surface area contributed by atoms with E-state index in [1.54, 1.807) is 6.92 Å². The van der Waals surface area contributed by atoms with E-state index in [9.17, 15) is 23.3 Å². The van der Waals surface area contributed by atoms with Gasteiger partial charge in [-0.1, -0.05) is 12.1 Å². The first kappa shape index (κ1) is 18.1. The van der Waals surface area contributed by atoms with Gasteiger partial charge >= 0.3 is 6.09 Å². The Morgan fingerprint density at radius 3 is 2.67 bits per heavy atom. The Morgan fingerprint density at radius 2 is 2.08 bits per heavy atom. The van der Waals surface area contributed by atoms with Crippen LogP contribution in [0.4, 0.5) is 10.5 Å². The Morgan fingerprint density at radius 1 is 1.42 bits per heavy atom. The van der Waals surface area contributed by atoms with Gasteiger partial charge in [-0.05, 0) is 12.5 Å². The van der Waals surface area contributed by atoms with Crippen molar-refractivity contribution in [3.63, 3.8) is 0 Å². The topological polar surface area (TPSA) is 119 Å². The van der Waals surface area contributed by atoms with E-state index in [-0.39, 0.29) is 31.1 Å². The number of nitro benzene ring substituents is 1. The number of rotatable bonds is 5. The molecule has 1 aromatic rings. The number of hydrogen-bond acceptors (Lipinski definition) is 7. The third kappa shape index (κ3) is 4.20. The maximum Gasteiger partial charge on any atom is 0.410 e. The highest BCUT2D eigenvalue weighted by molar-refractivity contribution is 7.91. The Hall–Kier alpha value is -2.20. The van der Waals surface area contributed by atoms with Crippen molar-refractivity contribution < 1.29 is 22.9 Å². The standard InChI is InChI=1S/C14H19N3O6S/c1-2-23-14(18)16-8-7-15-9-13(16)24(21,22)10-11-3-5-12(6-4-11)17(19)20/h3-6,13,15H,2,7-10H2,1H3. The van der Waals surface area contributed by atoms with Gasteiger partial charge in [0.15, 0.2) is 9.84 Å². The number of nitro groups is 1. The third-order valence-electron chi connectivity index (χ3n) is 3.63. The summed E-state index contributed by atoms with van der Waals surface area (Å²) in [6, 6.07) is 5.32. The number of nitrogens with one attached hydrogen (secondary N) is 1. The second-order valence-corrected chi connectivity index (χ2v) is 7.44. The summed E-state index contributed by atoms with van der Waals surface area (Å²) < 4.78 is 30.3. The summed E-state index contributed by atoms with van der Waals surface area (Å²) in [5.74, 6) is -0.312. The average Bonchev–Trinajstić information content (AvgIpc) is 2.55. The van der Waals surface area contributed by atoms with Crippen LogP contribution in [-0.2, 0) is 20.3 Å². The molecule has 0 aromatic heterocycles. The lowest BCUT2D eigenvalue weighted by atomic mass is 10.2. The van der Waals surface area contributed by atoms with Crippen LogP contribution in [0.2, 0.25) is 0 Å². The van der Waals surface area contributed by atoms with Crippen molar-refractivity contribution in [3.05, 3.63) is 39.9 Å². The van der Waals surface area contributed by atoms with Gasteiger partial charge in [-0.15, -0.1) is 0 Å². The molecule has 0 aliphatic carbocycles. The quantitative estimate of drug-likeness (QED) is 0.614. The number of sulfone groups is 1. The Bertz CT molecular complexity index is 704. The molecule has 0 spiro atoms. The number of non-ortho nitro benzene ring substituents is 1. The Balaban J connectivity index is 2.17. The molecule has 1 atom stereocenters. The molecule has 1 saturated heterocycles. The summed E-state index contributed by atoms with van der Waals surface area (Å²) in [6.07, 6.45) is -0.656. The van der Waals surface area contributed by atoms with Gasteiger partial charge in [0.05, 0.1) is 17.3 Å². The smallest absolute Gasteiger partial charge is 0.410 e. The molecule has 1 amide bonds. The van der Waals surface area contributed by atoms with Crippen LogP contribution in [0, 0.1) is 10.1 Å². The minimum Gasteiger partial charge on any atom is -0.450 e. The summed E-state index contributed by atoms with van der Waals surface area (Å²) in [6.45, 7) is 2.66. The highest BCUT2D eigenvalue weighted by Gasteiger charge is 2.37. The Kier molecular flexibility index (Phi) is 5.73. The maximum absolute atomic E-state index is 12.7. The highest BCUT2D eigenvalue weighted by Crippen LogP contribution is 2.19. The number of carbonyl (C=O) groups is 1. The molecule has 132 valence electrons. The van der Waals surface area contributed by atoms with Crippen LogP contribution >= 0.6 is 0 Å². The average molecular weight is 357 g/mol. The molecule has 1 unspecified atom stereocenters. The van der Waals surface area contributed by atoms with E-state index in [4.69, 9.17) is 4.74 Å². The zero-order valence-electron chi connectivity index (χ0n) is 13.2. The molecule has 24 heavy (non-hydrogen) atoms. The predicted molar refractivity (Wildman–Crippen MR) is 86.1 cm³/mol. The van der Waals surface area contributed by atoms with Crippen LogP contribution in [0.5, 0.6) is 0 Å². The number of hydrogen-bond donors (Lipinski definition) is 1. The first-order valence-electron chi connectivity index (χ1n) is 7.44. The van der Waals surface area contributed by atoms with Crippen molar-refractivity contribution >= 4 is 21.6 Å². The number of carbonyl (C=O) groups excluding carboxylic acids is 1. The van der Waals surface area contributed by atoms with Gasteiger partial charge in [0.2, 0.25) is 0 Å². The van der Waals surface area contributed by atoms with E-state index in [1.165, 1.54) is 29.2 Å². The Labute approximate surface area is 139 Å². The van der Waals surface area contributed by atoms with E-state index in [0.29, 0.717) is 12.1 Å². The summed E-state index contributed by atoms with van der Waals surface area (Å²) in [7, 11) is -3.69. The summed E-state index contributed by atoms with van der Waals surface area (Å²) in [5.41, 5.74) is 0.318. The van der Waals surface area contributed by atoms with Gasteiger partial charge < -0.3 is 10.1 Å². The molecule has 1 N–H and O–H groups in total. The van der Waals surface area contributed by atoms with Crippen LogP contribution in [-0.4, -0.2) is 55.9 Å². The van der Waals surface area contributed by atoms with E-state index >= 15 is 0 Å². The van der Waals surface area contributed by atoms with Crippen LogP contribution < -0.4 is 5.32 Å². The van der Waals surface area contributed by atoms with Crippen molar-refractivity contribution in [3.8, 4) is 0 Å². The lowest BCUT2D eigenvalue weighted by Crippen LogP contribution is -2.57. The molecule has 1 aliphatic rings. The highest BCUT2D eigenvalue weighted by atomic mass is 32.2. The molecular formula is C14H19N3O6S. The first-order chi connectivity index (χ1) is 11.3. The zero-order valence-corrected chi connectivity index (χ0v) is 14.0. The number of ether oxygens (including phenoxy) is 1. The third-order valence-corrected chi connectivity index (χ3v) is 5.61. The number of amides is 1. The molecule has 1 fully saturated rings. The monoisotopic (exact) mass is 357 g/mol. The second kappa shape index (κ2) is 7.58. The summed E-state index contributed by atoms with van der Waals surface area (Å²) in [4.78, 5) is 23.3. The fraction of sp³-hybridized carbons (Fsp3) is 0.500. The molecule has 0 saturated carbocycles. The zero-order chi connectivity index (χ0) is 17.7. The van der Waals surface area contributed by atoms with E-state index in [2.05, 4.69) is 5.32 Å². The molecule has 9 nitrogen and oxygen atoms in total. The lowest BCUT2D eigenvalue weighted by Gasteiger charge is -2.34.